The van der Waals surface area contributed by atoms with Crippen LogP contribution in [0.2, 0.25) is 0 Å². The first-order valence-electron chi connectivity index (χ1n) is 9.54. The minimum absolute atomic E-state index is 0.188. The summed E-state index contributed by atoms with van der Waals surface area (Å²) in [4.78, 5) is 24.6. The topological polar surface area (TPSA) is 71.1 Å². The summed E-state index contributed by atoms with van der Waals surface area (Å²) in [5.74, 6) is -0.201. The van der Waals surface area contributed by atoms with Crippen LogP contribution < -0.4 is 9.47 Å². The van der Waals surface area contributed by atoms with E-state index >= 15 is 0 Å². The number of carbonyl (C=O) groups excluding carboxylic acids is 2. The Balaban J connectivity index is 2.00. The highest BCUT2D eigenvalue weighted by Gasteiger charge is 2.16. The minimum Gasteiger partial charge on any atom is -0.493 e. The number of hydrogen-bond donors (Lipinski definition) is 0. The predicted octanol–water partition coefficient (Wildman–Crippen LogP) is 5.04. The summed E-state index contributed by atoms with van der Waals surface area (Å²) in [5, 5.41) is 0. The zero-order valence-electron chi connectivity index (χ0n) is 16.6. The average Bonchev–Trinajstić information content (AvgIpc) is 2.72. The Bertz CT molecular complexity index is 803. The van der Waals surface area contributed by atoms with Crippen molar-refractivity contribution in [3.8, 4) is 11.5 Å². The third-order valence-electron chi connectivity index (χ3n) is 3.88. The molecule has 156 valence electrons. The molecule has 0 atom stereocenters. The Hall–Kier alpha value is -2.38. The maximum atomic E-state index is 12.6. The molecule has 0 fully saturated rings. The van der Waals surface area contributed by atoms with E-state index in [0.29, 0.717) is 42.4 Å². The lowest BCUT2D eigenvalue weighted by Gasteiger charge is -2.12. The first-order valence-corrected chi connectivity index (χ1v) is 10.3. The Morgan fingerprint density at radius 3 is 2.38 bits per heavy atom. The monoisotopic (exact) mass is 464 g/mol. The summed E-state index contributed by atoms with van der Waals surface area (Å²) in [6.45, 7) is 5.58. The third-order valence-corrected chi connectivity index (χ3v) is 4.38. The van der Waals surface area contributed by atoms with E-state index in [1.807, 2.05) is 13.0 Å². The van der Waals surface area contributed by atoms with Crippen molar-refractivity contribution in [2.75, 3.05) is 26.4 Å². The minimum atomic E-state index is -0.537. The van der Waals surface area contributed by atoms with Gasteiger partial charge in [-0.25, -0.2) is 9.59 Å². The molecule has 6 nitrogen and oxygen atoms in total. The van der Waals surface area contributed by atoms with Crippen LogP contribution >= 0.6 is 15.9 Å². The summed E-state index contributed by atoms with van der Waals surface area (Å²) in [7, 11) is 0. The highest BCUT2D eigenvalue weighted by molar-refractivity contribution is 9.10. The van der Waals surface area contributed by atoms with Crippen LogP contribution in [0.1, 0.15) is 47.4 Å². The van der Waals surface area contributed by atoms with E-state index < -0.39 is 11.9 Å². The van der Waals surface area contributed by atoms with Gasteiger partial charge in [0.25, 0.3) is 0 Å². The number of benzene rings is 2. The molecule has 0 heterocycles. The molecule has 29 heavy (non-hydrogen) atoms. The molecule has 2 rings (SSSR count). The van der Waals surface area contributed by atoms with Gasteiger partial charge < -0.3 is 18.9 Å². The van der Waals surface area contributed by atoms with E-state index in [4.69, 9.17) is 18.9 Å². The fraction of sp³-hybridized carbons (Fsp3) is 0.364. The summed E-state index contributed by atoms with van der Waals surface area (Å²) >= 11 is 3.36. The van der Waals surface area contributed by atoms with Crippen molar-refractivity contribution in [3.05, 3.63) is 58.1 Å². The SMILES string of the molecule is CCCCOc1ccc(Br)cc1C(=O)Oc1ccc(C(=O)OCCOCC)cc1. The van der Waals surface area contributed by atoms with Crippen LogP contribution in [0.3, 0.4) is 0 Å². The maximum Gasteiger partial charge on any atom is 0.347 e. The fourth-order valence-electron chi connectivity index (χ4n) is 2.36. The predicted molar refractivity (Wildman–Crippen MR) is 113 cm³/mol. The highest BCUT2D eigenvalue weighted by atomic mass is 79.9. The van der Waals surface area contributed by atoms with Crippen LogP contribution in [0.5, 0.6) is 11.5 Å². The highest BCUT2D eigenvalue weighted by Crippen LogP contribution is 2.25. The second-order valence-electron chi connectivity index (χ2n) is 6.09. The Labute approximate surface area is 179 Å². The average molecular weight is 465 g/mol. The standard InChI is InChI=1S/C22H25BrO6/c1-3-5-12-27-20-11-8-17(23)15-19(20)22(25)29-18-9-6-16(7-10-18)21(24)28-14-13-26-4-2/h6-11,15H,3-5,12-14H2,1-2H3. The molecule has 2 aromatic rings. The number of esters is 2. The number of halogens is 1. The maximum absolute atomic E-state index is 12.6. The van der Waals surface area contributed by atoms with Crippen LogP contribution in [0.25, 0.3) is 0 Å². The molecule has 2 aromatic carbocycles. The summed E-state index contributed by atoms with van der Waals surface area (Å²) < 4.78 is 22.1. The van der Waals surface area contributed by atoms with Gasteiger partial charge in [-0.2, -0.15) is 0 Å². The lowest BCUT2D eigenvalue weighted by atomic mass is 10.2. The molecule has 0 N–H and O–H groups in total. The van der Waals surface area contributed by atoms with Crippen molar-refractivity contribution in [2.45, 2.75) is 26.7 Å². The van der Waals surface area contributed by atoms with E-state index in [9.17, 15) is 9.59 Å². The lowest BCUT2D eigenvalue weighted by Crippen LogP contribution is -2.12. The van der Waals surface area contributed by atoms with Crippen molar-refractivity contribution in [2.24, 2.45) is 0 Å². The van der Waals surface area contributed by atoms with Gasteiger partial charge in [-0.05, 0) is 55.8 Å². The van der Waals surface area contributed by atoms with Gasteiger partial charge in [-0.15, -0.1) is 0 Å². The molecule has 0 aliphatic rings. The first-order chi connectivity index (χ1) is 14.0. The third kappa shape index (κ3) is 7.51. The normalized spacial score (nSPS) is 10.4. The molecule has 7 heteroatoms. The van der Waals surface area contributed by atoms with Crippen molar-refractivity contribution in [1.82, 2.24) is 0 Å². The van der Waals surface area contributed by atoms with Crippen LogP contribution in [-0.2, 0) is 9.47 Å². The molecule has 0 saturated heterocycles. The van der Waals surface area contributed by atoms with Gasteiger partial charge in [0.05, 0.1) is 18.8 Å². The second kappa shape index (κ2) is 12.2. The van der Waals surface area contributed by atoms with Crippen molar-refractivity contribution < 1.29 is 28.5 Å². The van der Waals surface area contributed by atoms with Crippen LogP contribution in [0.15, 0.2) is 46.9 Å². The first kappa shape index (κ1) is 22.9. The molecule has 0 aliphatic carbocycles. The van der Waals surface area contributed by atoms with Gasteiger partial charge >= 0.3 is 11.9 Å². The van der Waals surface area contributed by atoms with E-state index in [0.717, 1.165) is 17.3 Å². The van der Waals surface area contributed by atoms with Gasteiger partial charge in [0.1, 0.15) is 23.7 Å². The Morgan fingerprint density at radius 1 is 0.931 bits per heavy atom. The zero-order valence-corrected chi connectivity index (χ0v) is 18.2. The lowest BCUT2D eigenvalue weighted by molar-refractivity contribution is 0.0335. The summed E-state index contributed by atoms with van der Waals surface area (Å²) in [5.41, 5.74) is 0.697. The fourth-order valence-corrected chi connectivity index (χ4v) is 2.72. The number of unbranched alkanes of at least 4 members (excludes halogenated alkanes) is 1. The van der Waals surface area contributed by atoms with Gasteiger partial charge in [-0.3, -0.25) is 0 Å². The number of ether oxygens (including phenoxy) is 4. The molecule has 0 bridgehead atoms. The van der Waals surface area contributed by atoms with Crippen LogP contribution in [-0.4, -0.2) is 38.4 Å². The van der Waals surface area contributed by atoms with Crippen molar-refractivity contribution in [1.29, 1.82) is 0 Å². The molecule has 0 spiro atoms. The zero-order chi connectivity index (χ0) is 21.1. The molecule has 0 radical (unpaired) electrons. The summed E-state index contributed by atoms with van der Waals surface area (Å²) in [6.07, 6.45) is 1.89. The molecule has 0 unspecified atom stereocenters. The Kier molecular flexibility index (Phi) is 9.67. The van der Waals surface area contributed by atoms with Gasteiger partial charge in [0, 0.05) is 11.1 Å². The second-order valence-corrected chi connectivity index (χ2v) is 7.00. The van der Waals surface area contributed by atoms with Gasteiger partial charge in [0.15, 0.2) is 0 Å². The van der Waals surface area contributed by atoms with Crippen LogP contribution in [0.4, 0.5) is 0 Å². The smallest absolute Gasteiger partial charge is 0.347 e. The number of rotatable bonds is 11. The van der Waals surface area contributed by atoms with E-state index in [2.05, 4.69) is 22.9 Å². The molecular formula is C22H25BrO6. The largest absolute Gasteiger partial charge is 0.493 e. The van der Waals surface area contributed by atoms with E-state index in [1.54, 1.807) is 36.4 Å². The quantitative estimate of drug-likeness (QED) is 0.263. The van der Waals surface area contributed by atoms with Gasteiger partial charge in [0.2, 0.25) is 0 Å². The summed E-state index contributed by atoms with van der Waals surface area (Å²) in [6, 6.07) is 11.4. The number of carbonyl (C=O) groups is 2. The van der Waals surface area contributed by atoms with E-state index in [-0.39, 0.29) is 6.61 Å². The number of hydrogen-bond acceptors (Lipinski definition) is 6. The molecule has 0 amide bonds. The Morgan fingerprint density at radius 2 is 1.69 bits per heavy atom. The molecule has 0 saturated carbocycles. The van der Waals surface area contributed by atoms with Crippen molar-refractivity contribution in [3.63, 3.8) is 0 Å². The molecule has 0 aromatic heterocycles. The van der Waals surface area contributed by atoms with Crippen molar-refractivity contribution >= 4 is 27.9 Å². The van der Waals surface area contributed by atoms with Crippen LogP contribution in [0, 0.1) is 0 Å². The van der Waals surface area contributed by atoms with Gasteiger partial charge in [-0.1, -0.05) is 29.3 Å². The molecule has 0 aliphatic heterocycles. The molecular weight excluding hydrogens is 440 g/mol. The van der Waals surface area contributed by atoms with E-state index in [1.165, 1.54) is 0 Å².